The Bertz CT molecular complexity index is 649. The SMILES string of the molecule is CSC1(CNc2ccc(-n3nc(C)cc3C)nn2)CCOCC1. The second-order valence-corrected chi connectivity index (χ2v) is 7.24. The zero-order valence-corrected chi connectivity index (χ0v) is 14.7. The molecule has 124 valence electrons. The summed E-state index contributed by atoms with van der Waals surface area (Å²) in [6, 6.07) is 5.94. The molecule has 7 heteroatoms. The second kappa shape index (κ2) is 6.88. The maximum absolute atomic E-state index is 5.48. The topological polar surface area (TPSA) is 64.9 Å². The van der Waals surface area contributed by atoms with E-state index in [1.807, 2.05) is 48.5 Å². The van der Waals surface area contributed by atoms with Crippen molar-refractivity contribution in [3.63, 3.8) is 0 Å². The van der Waals surface area contributed by atoms with Crippen molar-refractivity contribution in [3.8, 4) is 5.82 Å². The molecular weight excluding hydrogens is 310 g/mol. The molecule has 1 aliphatic heterocycles. The van der Waals surface area contributed by atoms with Crippen molar-refractivity contribution in [2.24, 2.45) is 0 Å². The van der Waals surface area contributed by atoms with Gasteiger partial charge in [-0.3, -0.25) is 0 Å². The van der Waals surface area contributed by atoms with Crippen LogP contribution in [-0.4, -0.2) is 50.7 Å². The lowest BCUT2D eigenvalue weighted by Crippen LogP contribution is -2.39. The zero-order chi connectivity index (χ0) is 16.3. The average molecular weight is 333 g/mol. The lowest BCUT2D eigenvalue weighted by Gasteiger charge is -2.35. The maximum atomic E-state index is 5.48. The summed E-state index contributed by atoms with van der Waals surface area (Å²) in [5.74, 6) is 1.54. The summed E-state index contributed by atoms with van der Waals surface area (Å²) < 4.78 is 7.52. The van der Waals surface area contributed by atoms with E-state index in [2.05, 4.69) is 26.9 Å². The summed E-state index contributed by atoms with van der Waals surface area (Å²) in [4.78, 5) is 0. The van der Waals surface area contributed by atoms with Crippen LogP contribution in [0.4, 0.5) is 5.82 Å². The zero-order valence-electron chi connectivity index (χ0n) is 13.9. The Morgan fingerprint density at radius 2 is 2.04 bits per heavy atom. The molecule has 1 aliphatic rings. The van der Waals surface area contributed by atoms with Crippen LogP contribution in [-0.2, 0) is 4.74 Å². The standard InChI is InChI=1S/C16H23N5OS/c1-12-10-13(2)21(20-12)15-5-4-14(18-19-15)17-11-16(23-3)6-8-22-9-7-16/h4-5,10H,6-9,11H2,1-3H3,(H,17,18). The molecule has 0 radical (unpaired) electrons. The Kier molecular flexibility index (Phi) is 4.87. The molecule has 0 atom stereocenters. The normalized spacial score (nSPS) is 17.2. The van der Waals surface area contributed by atoms with E-state index < -0.39 is 0 Å². The molecule has 0 aliphatic carbocycles. The summed E-state index contributed by atoms with van der Waals surface area (Å²) >= 11 is 1.91. The van der Waals surface area contributed by atoms with Crippen LogP contribution >= 0.6 is 11.8 Å². The summed E-state index contributed by atoms with van der Waals surface area (Å²) in [5, 5.41) is 16.4. The van der Waals surface area contributed by atoms with Gasteiger partial charge in [0.2, 0.25) is 0 Å². The lowest BCUT2D eigenvalue weighted by molar-refractivity contribution is 0.0802. The number of nitrogens with zero attached hydrogens (tertiary/aromatic N) is 4. The number of aryl methyl sites for hydroxylation is 2. The van der Waals surface area contributed by atoms with Gasteiger partial charge < -0.3 is 10.1 Å². The molecule has 1 N–H and O–H groups in total. The van der Waals surface area contributed by atoms with Gasteiger partial charge in [0.15, 0.2) is 5.82 Å². The monoisotopic (exact) mass is 333 g/mol. The Labute approximate surface area is 141 Å². The van der Waals surface area contributed by atoms with Gasteiger partial charge in [-0.1, -0.05) is 0 Å². The molecule has 3 rings (SSSR count). The molecule has 2 aromatic heterocycles. The third kappa shape index (κ3) is 3.67. The van der Waals surface area contributed by atoms with E-state index in [1.165, 1.54) is 0 Å². The highest BCUT2D eigenvalue weighted by atomic mass is 32.2. The number of nitrogens with one attached hydrogen (secondary N) is 1. The van der Waals surface area contributed by atoms with Gasteiger partial charge in [0.1, 0.15) is 5.82 Å². The smallest absolute Gasteiger partial charge is 0.176 e. The van der Waals surface area contributed by atoms with Crippen molar-refractivity contribution >= 4 is 17.6 Å². The minimum Gasteiger partial charge on any atom is -0.381 e. The van der Waals surface area contributed by atoms with Crippen molar-refractivity contribution in [2.75, 3.05) is 31.3 Å². The fourth-order valence-corrected chi connectivity index (χ4v) is 3.63. The van der Waals surface area contributed by atoms with Gasteiger partial charge >= 0.3 is 0 Å². The first-order valence-corrected chi connectivity index (χ1v) is 9.08. The van der Waals surface area contributed by atoms with Gasteiger partial charge in [-0.25, -0.2) is 4.68 Å². The van der Waals surface area contributed by atoms with Gasteiger partial charge in [0, 0.05) is 30.2 Å². The number of aromatic nitrogens is 4. The summed E-state index contributed by atoms with van der Waals surface area (Å²) in [7, 11) is 0. The molecule has 23 heavy (non-hydrogen) atoms. The third-order valence-electron chi connectivity index (χ3n) is 4.31. The molecule has 1 saturated heterocycles. The van der Waals surface area contributed by atoms with E-state index in [1.54, 1.807) is 0 Å². The molecule has 0 saturated carbocycles. The van der Waals surface area contributed by atoms with E-state index in [4.69, 9.17) is 4.74 Å². The number of anilines is 1. The molecule has 1 fully saturated rings. The van der Waals surface area contributed by atoms with Crippen LogP contribution in [0.1, 0.15) is 24.2 Å². The lowest BCUT2D eigenvalue weighted by atomic mass is 9.99. The largest absolute Gasteiger partial charge is 0.381 e. The molecular formula is C16H23N5OS. The van der Waals surface area contributed by atoms with Gasteiger partial charge in [-0.05, 0) is 51.1 Å². The minimum absolute atomic E-state index is 0.230. The van der Waals surface area contributed by atoms with E-state index in [9.17, 15) is 0 Å². The molecule has 0 unspecified atom stereocenters. The molecule has 0 bridgehead atoms. The Hall–Kier alpha value is -1.60. The van der Waals surface area contributed by atoms with Crippen molar-refractivity contribution in [3.05, 3.63) is 29.6 Å². The molecule has 6 nitrogen and oxygen atoms in total. The first-order valence-electron chi connectivity index (χ1n) is 7.86. The van der Waals surface area contributed by atoms with Gasteiger partial charge in [0.05, 0.1) is 5.69 Å². The molecule has 3 heterocycles. The first kappa shape index (κ1) is 16.3. The Morgan fingerprint density at radius 3 is 2.61 bits per heavy atom. The van der Waals surface area contributed by atoms with Gasteiger partial charge in [0.25, 0.3) is 0 Å². The Balaban J connectivity index is 1.67. The molecule has 0 aromatic carbocycles. The number of hydrogen-bond acceptors (Lipinski definition) is 6. The highest BCUT2D eigenvalue weighted by Crippen LogP contribution is 2.33. The fourth-order valence-electron chi connectivity index (χ4n) is 2.84. The fraction of sp³-hybridized carbons (Fsp3) is 0.562. The second-order valence-electron chi connectivity index (χ2n) is 5.97. The van der Waals surface area contributed by atoms with Crippen LogP contribution in [0.2, 0.25) is 0 Å². The van der Waals surface area contributed by atoms with E-state index >= 15 is 0 Å². The van der Waals surface area contributed by atoms with Gasteiger partial charge in [-0.2, -0.15) is 16.9 Å². The predicted octanol–water partition coefficient (Wildman–Crippen LogP) is 2.60. The maximum Gasteiger partial charge on any atom is 0.176 e. The van der Waals surface area contributed by atoms with E-state index in [0.29, 0.717) is 0 Å². The van der Waals surface area contributed by atoms with Crippen LogP contribution < -0.4 is 5.32 Å². The van der Waals surface area contributed by atoms with Gasteiger partial charge in [-0.15, -0.1) is 10.2 Å². The highest BCUT2D eigenvalue weighted by molar-refractivity contribution is 8.00. The molecule has 0 amide bonds. The van der Waals surface area contributed by atoms with E-state index in [0.717, 1.165) is 55.6 Å². The predicted molar refractivity (Wildman–Crippen MR) is 93.4 cm³/mol. The van der Waals surface area contributed by atoms with Crippen molar-refractivity contribution < 1.29 is 4.74 Å². The number of hydrogen-bond donors (Lipinski definition) is 1. The molecule has 2 aromatic rings. The van der Waals surface area contributed by atoms with Crippen LogP contribution in [0.3, 0.4) is 0 Å². The number of thioether (sulfide) groups is 1. The van der Waals surface area contributed by atoms with Crippen molar-refractivity contribution in [1.82, 2.24) is 20.0 Å². The summed E-state index contributed by atoms with van der Waals surface area (Å²) in [6.07, 6.45) is 4.31. The minimum atomic E-state index is 0.230. The number of rotatable bonds is 5. The molecule has 0 spiro atoms. The highest BCUT2D eigenvalue weighted by Gasteiger charge is 2.31. The van der Waals surface area contributed by atoms with Crippen molar-refractivity contribution in [2.45, 2.75) is 31.4 Å². The van der Waals surface area contributed by atoms with Crippen LogP contribution in [0, 0.1) is 13.8 Å². The summed E-state index contributed by atoms with van der Waals surface area (Å²) in [6.45, 7) is 6.55. The quantitative estimate of drug-likeness (QED) is 0.907. The van der Waals surface area contributed by atoms with E-state index in [-0.39, 0.29) is 4.75 Å². The summed E-state index contributed by atoms with van der Waals surface area (Å²) in [5.41, 5.74) is 2.04. The Morgan fingerprint density at radius 1 is 1.26 bits per heavy atom. The average Bonchev–Trinajstić information content (AvgIpc) is 2.93. The van der Waals surface area contributed by atoms with Crippen LogP contribution in [0.25, 0.3) is 5.82 Å². The van der Waals surface area contributed by atoms with Crippen molar-refractivity contribution in [1.29, 1.82) is 0 Å². The third-order valence-corrected chi connectivity index (χ3v) is 5.72. The number of ether oxygens (including phenoxy) is 1. The first-order chi connectivity index (χ1) is 11.1. The van der Waals surface area contributed by atoms with Crippen LogP contribution in [0.5, 0.6) is 0 Å². The van der Waals surface area contributed by atoms with Crippen LogP contribution in [0.15, 0.2) is 18.2 Å².